The monoisotopic (exact) mass is 402 g/mol. The van der Waals surface area contributed by atoms with Crippen LogP contribution in [0.4, 0.5) is 0 Å². The second-order valence-electron chi connectivity index (χ2n) is 4.52. The number of benzene rings is 2. The lowest BCUT2D eigenvalue weighted by molar-refractivity contribution is 1.46. The molecule has 0 amide bonds. The van der Waals surface area contributed by atoms with E-state index in [9.17, 15) is 10.5 Å². The van der Waals surface area contributed by atoms with Crippen LogP contribution >= 0.6 is 39.1 Å². The molecule has 0 saturated heterocycles. The summed E-state index contributed by atoms with van der Waals surface area (Å²) in [6.45, 7) is 0. The number of nitriles is 2. The minimum Gasteiger partial charge on any atom is -0.192 e. The Morgan fingerprint density at radius 1 is 1.00 bits per heavy atom. The van der Waals surface area contributed by atoms with Gasteiger partial charge in [-0.1, -0.05) is 69.5 Å². The Morgan fingerprint density at radius 2 is 1.65 bits per heavy atom. The van der Waals surface area contributed by atoms with E-state index in [0.717, 1.165) is 15.6 Å². The molecule has 2 aromatic rings. The van der Waals surface area contributed by atoms with Gasteiger partial charge in [0, 0.05) is 20.1 Å². The molecule has 0 N–H and O–H groups in total. The van der Waals surface area contributed by atoms with Gasteiger partial charge in [-0.25, -0.2) is 0 Å². The Morgan fingerprint density at radius 3 is 2.22 bits per heavy atom. The highest BCUT2D eigenvalue weighted by Crippen LogP contribution is 2.26. The SMILES string of the molecule is N#CC(C#N)=C(/C=C/c1ccc(Cl)cc1Cl)c1ccc(Br)cc1. The number of nitrogens with zero attached hydrogens (tertiary/aromatic N) is 2. The van der Waals surface area contributed by atoms with Crippen molar-refractivity contribution in [1.29, 1.82) is 10.5 Å². The average molecular weight is 404 g/mol. The van der Waals surface area contributed by atoms with Gasteiger partial charge in [-0.15, -0.1) is 0 Å². The number of hydrogen-bond acceptors (Lipinski definition) is 2. The molecule has 5 heteroatoms. The maximum absolute atomic E-state index is 9.18. The largest absolute Gasteiger partial charge is 0.192 e. The first-order valence-corrected chi connectivity index (χ1v) is 8.03. The molecular weight excluding hydrogens is 395 g/mol. The lowest BCUT2D eigenvalue weighted by Gasteiger charge is -2.04. The molecule has 0 aliphatic heterocycles. The maximum Gasteiger partial charge on any atom is 0.137 e. The molecule has 0 atom stereocenters. The maximum atomic E-state index is 9.18. The van der Waals surface area contributed by atoms with Crippen molar-refractivity contribution >= 4 is 50.8 Å². The van der Waals surface area contributed by atoms with E-state index in [1.807, 2.05) is 36.4 Å². The van der Waals surface area contributed by atoms with E-state index in [2.05, 4.69) is 15.9 Å². The number of hydrogen-bond donors (Lipinski definition) is 0. The number of rotatable bonds is 3. The molecule has 23 heavy (non-hydrogen) atoms. The lowest BCUT2D eigenvalue weighted by atomic mass is 9.99. The molecule has 0 bridgehead atoms. The Kier molecular flexibility index (Phi) is 6.02. The lowest BCUT2D eigenvalue weighted by Crippen LogP contribution is -1.87. The number of halogens is 3. The van der Waals surface area contributed by atoms with Crippen molar-refractivity contribution < 1.29 is 0 Å². The second kappa shape index (κ2) is 7.99. The summed E-state index contributed by atoms with van der Waals surface area (Å²) in [6, 6.07) is 16.4. The van der Waals surface area contributed by atoms with Gasteiger partial charge in [-0.05, 0) is 35.4 Å². The highest BCUT2D eigenvalue weighted by atomic mass is 79.9. The van der Waals surface area contributed by atoms with Crippen molar-refractivity contribution in [3.63, 3.8) is 0 Å². The van der Waals surface area contributed by atoms with Crippen LogP contribution in [-0.4, -0.2) is 0 Å². The van der Waals surface area contributed by atoms with Gasteiger partial charge in [-0.3, -0.25) is 0 Å². The van der Waals surface area contributed by atoms with Crippen molar-refractivity contribution in [1.82, 2.24) is 0 Å². The fraction of sp³-hybridized carbons (Fsp3) is 0. The Hall–Kier alpha value is -2.04. The first-order valence-electron chi connectivity index (χ1n) is 6.48. The van der Waals surface area contributed by atoms with Crippen molar-refractivity contribution in [3.05, 3.63) is 79.8 Å². The van der Waals surface area contributed by atoms with E-state index in [1.54, 1.807) is 30.4 Å². The van der Waals surface area contributed by atoms with E-state index < -0.39 is 0 Å². The van der Waals surface area contributed by atoms with Crippen LogP contribution in [0.5, 0.6) is 0 Å². The zero-order valence-electron chi connectivity index (χ0n) is 11.7. The summed E-state index contributed by atoms with van der Waals surface area (Å²) in [4.78, 5) is 0. The number of allylic oxidation sites excluding steroid dienone is 3. The zero-order valence-corrected chi connectivity index (χ0v) is 14.8. The normalized spacial score (nSPS) is 10.1. The molecule has 0 spiro atoms. The van der Waals surface area contributed by atoms with Gasteiger partial charge in [0.1, 0.15) is 17.7 Å². The van der Waals surface area contributed by atoms with Crippen LogP contribution in [0.1, 0.15) is 11.1 Å². The molecule has 112 valence electrons. The first kappa shape index (κ1) is 17.3. The second-order valence-corrected chi connectivity index (χ2v) is 6.28. The fourth-order valence-electron chi connectivity index (χ4n) is 1.91. The van der Waals surface area contributed by atoms with Gasteiger partial charge in [0.25, 0.3) is 0 Å². The van der Waals surface area contributed by atoms with Gasteiger partial charge >= 0.3 is 0 Å². The molecule has 2 nitrogen and oxygen atoms in total. The quantitative estimate of drug-likeness (QED) is 0.447. The molecule has 0 aliphatic rings. The summed E-state index contributed by atoms with van der Waals surface area (Å²) in [7, 11) is 0. The summed E-state index contributed by atoms with van der Waals surface area (Å²) in [5.41, 5.74) is 2.09. The van der Waals surface area contributed by atoms with Crippen LogP contribution in [-0.2, 0) is 0 Å². The summed E-state index contributed by atoms with van der Waals surface area (Å²) >= 11 is 15.4. The predicted molar refractivity (Wildman–Crippen MR) is 97.8 cm³/mol. The fourth-order valence-corrected chi connectivity index (χ4v) is 2.64. The molecule has 0 fully saturated rings. The molecule has 0 saturated carbocycles. The molecule has 0 unspecified atom stereocenters. The van der Waals surface area contributed by atoms with Crippen LogP contribution in [0, 0.1) is 22.7 Å². The van der Waals surface area contributed by atoms with Crippen LogP contribution in [0.25, 0.3) is 11.6 Å². The highest BCUT2D eigenvalue weighted by molar-refractivity contribution is 9.10. The molecule has 0 radical (unpaired) electrons. The standard InChI is InChI=1S/C18H9BrCl2N2/c19-15-5-1-12(2-6-15)17(14(10-22)11-23)8-4-13-3-7-16(20)9-18(13)21/h1-9H/b8-4+. The zero-order chi connectivity index (χ0) is 16.8. The van der Waals surface area contributed by atoms with Crippen LogP contribution < -0.4 is 0 Å². The molecule has 2 rings (SSSR count). The van der Waals surface area contributed by atoms with E-state index in [-0.39, 0.29) is 5.57 Å². The third-order valence-electron chi connectivity index (χ3n) is 3.04. The van der Waals surface area contributed by atoms with Crippen molar-refractivity contribution in [2.75, 3.05) is 0 Å². The summed E-state index contributed by atoms with van der Waals surface area (Å²) < 4.78 is 0.917. The third-order valence-corrected chi connectivity index (χ3v) is 4.13. The Bertz CT molecular complexity index is 853. The van der Waals surface area contributed by atoms with Gasteiger partial charge in [0.15, 0.2) is 0 Å². The van der Waals surface area contributed by atoms with Crippen molar-refractivity contribution in [2.24, 2.45) is 0 Å². The predicted octanol–water partition coefficient (Wildman–Crippen LogP) is 6.27. The smallest absolute Gasteiger partial charge is 0.137 e. The average Bonchev–Trinajstić information content (AvgIpc) is 2.54. The molecule has 2 aromatic carbocycles. The molecule has 0 aromatic heterocycles. The van der Waals surface area contributed by atoms with Crippen molar-refractivity contribution in [2.45, 2.75) is 0 Å². The van der Waals surface area contributed by atoms with E-state index in [0.29, 0.717) is 15.6 Å². The van der Waals surface area contributed by atoms with Gasteiger partial charge < -0.3 is 0 Å². The third kappa shape index (κ3) is 4.47. The van der Waals surface area contributed by atoms with Crippen LogP contribution in [0.2, 0.25) is 10.0 Å². The highest BCUT2D eigenvalue weighted by Gasteiger charge is 2.07. The summed E-state index contributed by atoms with van der Waals surface area (Å²) in [5, 5.41) is 19.4. The van der Waals surface area contributed by atoms with E-state index in [1.165, 1.54) is 0 Å². The Balaban J connectivity index is 2.50. The minimum atomic E-state index is 0.0358. The van der Waals surface area contributed by atoms with Gasteiger partial charge in [0.05, 0.1) is 0 Å². The van der Waals surface area contributed by atoms with E-state index in [4.69, 9.17) is 23.2 Å². The van der Waals surface area contributed by atoms with E-state index >= 15 is 0 Å². The molecule has 0 heterocycles. The van der Waals surface area contributed by atoms with Crippen LogP contribution in [0.3, 0.4) is 0 Å². The topological polar surface area (TPSA) is 47.6 Å². The van der Waals surface area contributed by atoms with Crippen LogP contribution in [0.15, 0.2) is 58.6 Å². The van der Waals surface area contributed by atoms with Gasteiger partial charge in [-0.2, -0.15) is 10.5 Å². The molecule has 0 aliphatic carbocycles. The molecular formula is C18H9BrCl2N2. The minimum absolute atomic E-state index is 0.0358. The van der Waals surface area contributed by atoms with Crippen molar-refractivity contribution in [3.8, 4) is 12.1 Å². The summed E-state index contributed by atoms with van der Waals surface area (Å²) in [5.74, 6) is 0. The Labute approximate surface area is 153 Å². The van der Waals surface area contributed by atoms with Gasteiger partial charge in [0.2, 0.25) is 0 Å². The first-order chi connectivity index (χ1) is 11.0. The summed E-state index contributed by atoms with van der Waals surface area (Å²) in [6.07, 6.45) is 3.46.